The number of fused-ring (bicyclic) bond motifs is 2. The Hall–Kier alpha value is -3.04. The predicted octanol–water partition coefficient (Wildman–Crippen LogP) is 2.23. The monoisotopic (exact) mass is 434 g/mol. The fourth-order valence-corrected chi connectivity index (χ4v) is 4.21. The van der Waals surface area contributed by atoms with Crippen LogP contribution in [0.4, 0.5) is 5.82 Å². The summed E-state index contributed by atoms with van der Waals surface area (Å²) in [6.07, 6.45) is 1.07. The summed E-state index contributed by atoms with van der Waals surface area (Å²) in [5.41, 5.74) is 2.20. The second-order valence-corrected chi connectivity index (χ2v) is 8.59. The van der Waals surface area contributed by atoms with Crippen molar-refractivity contribution >= 4 is 28.0 Å². The average Bonchev–Trinajstić information content (AvgIpc) is 3.30. The van der Waals surface area contributed by atoms with Gasteiger partial charge in [0.25, 0.3) is 0 Å². The number of para-hydroxylation sites is 2. The maximum atomic E-state index is 10.3. The number of hydrogen-bond acceptors (Lipinski definition) is 7. The molecule has 1 fully saturated rings. The van der Waals surface area contributed by atoms with E-state index in [4.69, 9.17) is 24.7 Å². The van der Waals surface area contributed by atoms with Gasteiger partial charge in [-0.1, -0.05) is 19.1 Å². The van der Waals surface area contributed by atoms with Gasteiger partial charge < -0.3 is 19.3 Å². The summed E-state index contributed by atoms with van der Waals surface area (Å²) in [5, 5.41) is 10.3. The highest BCUT2D eigenvalue weighted by atomic mass is 16.5. The highest BCUT2D eigenvalue weighted by Gasteiger charge is 2.26. The van der Waals surface area contributed by atoms with Crippen LogP contribution in [0.1, 0.15) is 25.5 Å². The van der Waals surface area contributed by atoms with Crippen molar-refractivity contribution < 1.29 is 9.84 Å². The quantitative estimate of drug-likeness (QED) is 0.515. The second-order valence-electron chi connectivity index (χ2n) is 8.59. The van der Waals surface area contributed by atoms with E-state index in [2.05, 4.69) is 18.7 Å². The Bertz CT molecular complexity index is 1280. The van der Waals surface area contributed by atoms with Crippen molar-refractivity contribution in [3.8, 4) is 5.95 Å². The molecule has 4 heterocycles. The normalized spacial score (nSPS) is 15.2. The van der Waals surface area contributed by atoms with E-state index in [1.807, 2.05) is 40.4 Å². The molecule has 0 saturated carbocycles. The summed E-state index contributed by atoms with van der Waals surface area (Å²) in [6.45, 7) is 10.3. The van der Waals surface area contributed by atoms with Gasteiger partial charge in [0.15, 0.2) is 17.0 Å². The van der Waals surface area contributed by atoms with E-state index < -0.39 is 5.60 Å². The number of benzene rings is 1. The van der Waals surface area contributed by atoms with Crippen molar-refractivity contribution in [3.63, 3.8) is 0 Å². The van der Waals surface area contributed by atoms with Crippen LogP contribution >= 0.6 is 0 Å². The van der Waals surface area contributed by atoms with Gasteiger partial charge in [-0.2, -0.15) is 9.97 Å². The minimum absolute atomic E-state index is 0.311. The van der Waals surface area contributed by atoms with Gasteiger partial charge in [-0.25, -0.2) is 9.97 Å². The molecule has 0 spiro atoms. The molecule has 1 aliphatic rings. The van der Waals surface area contributed by atoms with Crippen LogP contribution in [0.3, 0.4) is 0 Å². The summed E-state index contributed by atoms with van der Waals surface area (Å²) in [7, 11) is 1.92. The third kappa shape index (κ3) is 3.61. The average molecular weight is 435 g/mol. The Morgan fingerprint density at radius 1 is 1.09 bits per heavy atom. The SMILES string of the molecule is [CH2]C(C)(O)Cc1nc2c(N3CCOCC3)nc(-n3c(CC)nc4ccccc43)nc2n1C. The zero-order chi connectivity index (χ0) is 22.5. The van der Waals surface area contributed by atoms with Gasteiger partial charge in [0, 0.05) is 33.0 Å². The van der Waals surface area contributed by atoms with Gasteiger partial charge in [0.1, 0.15) is 11.6 Å². The smallest absolute Gasteiger partial charge is 0.239 e. The van der Waals surface area contributed by atoms with Gasteiger partial charge >= 0.3 is 0 Å². The predicted molar refractivity (Wildman–Crippen MR) is 123 cm³/mol. The number of aliphatic hydroxyl groups is 1. The summed E-state index contributed by atoms with van der Waals surface area (Å²) >= 11 is 0. The first-order chi connectivity index (χ1) is 15.4. The van der Waals surface area contributed by atoms with Crippen LogP contribution in [0.2, 0.25) is 0 Å². The molecule has 167 valence electrons. The molecule has 1 aromatic carbocycles. The number of anilines is 1. The van der Waals surface area contributed by atoms with Crippen LogP contribution in [0, 0.1) is 6.92 Å². The summed E-state index contributed by atoms with van der Waals surface area (Å²) in [5.74, 6) is 2.97. The van der Waals surface area contributed by atoms with Crippen molar-refractivity contribution in [2.45, 2.75) is 32.3 Å². The van der Waals surface area contributed by atoms with Crippen LogP contribution in [-0.4, -0.2) is 66.1 Å². The second kappa shape index (κ2) is 7.83. The Morgan fingerprint density at radius 2 is 1.84 bits per heavy atom. The van der Waals surface area contributed by atoms with Gasteiger partial charge in [-0.15, -0.1) is 0 Å². The molecule has 3 aromatic heterocycles. The van der Waals surface area contributed by atoms with E-state index >= 15 is 0 Å². The molecule has 1 aliphatic heterocycles. The number of ether oxygens (including phenoxy) is 1. The minimum atomic E-state index is -1.12. The minimum Gasteiger partial charge on any atom is -0.390 e. The van der Waals surface area contributed by atoms with Gasteiger partial charge in [-0.05, 0) is 26.0 Å². The molecule has 32 heavy (non-hydrogen) atoms. The molecule has 1 radical (unpaired) electrons. The lowest BCUT2D eigenvalue weighted by Crippen LogP contribution is -2.37. The summed E-state index contributed by atoms with van der Waals surface area (Å²) in [6, 6.07) is 8.03. The van der Waals surface area contributed by atoms with Gasteiger partial charge in [0.2, 0.25) is 5.95 Å². The molecule has 1 atom stereocenters. The molecule has 1 unspecified atom stereocenters. The molecule has 0 bridgehead atoms. The number of nitrogens with zero attached hydrogens (tertiary/aromatic N) is 7. The molecular formula is C23H28N7O2. The fraction of sp³-hybridized carbons (Fsp3) is 0.435. The van der Waals surface area contributed by atoms with Crippen LogP contribution in [-0.2, 0) is 24.6 Å². The molecule has 0 aliphatic carbocycles. The summed E-state index contributed by atoms with van der Waals surface area (Å²) < 4.78 is 9.51. The van der Waals surface area contributed by atoms with Crippen LogP contribution < -0.4 is 4.90 Å². The largest absolute Gasteiger partial charge is 0.390 e. The highest BCUT2D eigenvalue weighted by molar-refractivity contribution is 5.86. The summed E-state index contributed by atoms with van der Waals surface area (Å²) in [4.78, 5) is 21.8. The van der Waals surface area contributed by atoms with E-state index in [1.54, 1.807) is 6.92 Å². The maximum absolute atomic E-state index is 10.3. The van der Waals surface area contributed by atoms with Crippen molar-refractivity contribution in [2.75, 3.05) is 31.2 Å². The third-order valence-corrected chi connectivity index (χ3v) is 5.78. The Kier molecular flexibility index (Phi) is 5.10. The lowest BCUT2D eigenvalue weighted by Gasteiger charge is -2.28. The Balaban J connectivity index is 1.77. The molecule has 1 saturated heterocycles. The van der Waals surface area contributed by atoms with Crippen molar-refractivity contribution in [1.82, 2.24) is 29.1 Å². The van der Waals surface area contributed by atoms with E-state index in [1.165, 1.54) is 0 Å². The molecular weight excluding hydrogens is 406 g/mol. The number of imidazole rings is 2. The lowest BCUT2D eigenvalue weighted by molar-refractivity contribution is 0.106. The Morgan fingerprint density at radius 3 is 2.56 bits per heavy atom. The molecule has 9 heteroatoms. The van der Waals surface area contributed by atoms with Crippen molar-refractivity contribution in [3.05, 3.63) is 42.8 Å². The van der Waals surface area contributed by atoms with Crippen LogP contribution in [0.25, 0.3) is 28.1 Å². The lowest BCUT2D eigenvalue weighted by atomic mass is 10.1. The first-order valence-corrected chi connectivity index (χ1v) is 11.0. The number of hydrogen-bond donors (Lipinski definition) is 1. The Labute approximate surface area is 186 Å². The van der Waals surface area contributed by atoms with Crippen molar-refractivity contribution in [2.24, 2.45) is 7.05 Å². The zero-order valence-corrected chi connectivity index (χ0v) is 18.7. The van der Waals surface area contributed by atoms with Gasteiger partial charge in [0.05, 0.1) is 29.8 Å². The topological polar surface area (TPSA) is 94.1 Å². The van der Waals surface area contributed by atoms with E-state index in [9.17, 15) is 5.11 Å². The van der Waals surface area contributed by atoms with Gasteiger partial charge in [-0.3, -0.25) is 4.57 Å². The maximum Gasteiger partial charge on any atom is 0.239 e. The van der Waals surface area contributed by atoms with Crippen LogP contribution in [0.15, 0.2) is 24.3 Å². The van der Waals surface area contributed by atoms with Crippen molar-refractivity contribution in [1.29, 1.82) is 0 Å². The number of rotatable bonds is 5. The van der Waals surface area contributed by atoms with E-state index in [0.717, 1.165) is 53.3 Å². The molecule has 4 aromatic rings. The fourth-order valence-electron chi connectivity index (χ4n) is 4.21. The first-order valence-electron chi connectivity index (χ1n) is 11.0. The molecule has 9 nitrogen and oxygen atoms in total. The molecule has 5 rings (SSSR count). The first kappa shape index (κ1) is 20.8. The highest BCUT2D eigenvalue weighted by Crippen LogP contribution is 2.29. The van der Waals surface area contributed by atoms with Crippen LogP contribution in [0.5, 0.6) is 0 Å². The molecule has 1 N–H and O–H groups in total. The van der Waals surface area contributed by atoms with E-state index in [0.29, 0.717) is 31.4 Å². The molecule has 0 amide bonds. The number of aryl methyl sites for hydroxylation is 2. The van der Waals surface area contributed by atoms with E-state index in [-0.39, 0.29) is 0 Å². The standard InChI is InChI=1S/C23H28N7O2/c1-5-17-24-15-8-6-7-9-16(15)30(17)22-26-20-19(21(27-22)29-10-12-32-13-11-29)25-18(28(20)4)14-23(2,3)31/h6-9,31H,2,5,10-14H2,1,3-4H3. The zero-order valence-electron chi connectivity index (χ0n) is 18.7. The number of aromatic nitrogens is 6. The third-order valence-electron chi connectivity index (χ3n) is 5.78. The number of morpholine rings is 1.